The van der Waals surface area contributed by atoms with Crippen molar-refractivity contribution in [1.29, 1.82) is 0 Å². The van der Waals surface area contributed by atoms with Gasteiger partial charge in [0.15, 0.2) is 10.7 Å². The van der Waals surface area contributed by atoms with Gasteiger partial charge in [0.1, 0.15) is 28.3 Å². The maximum absolute atomic E-state index is 13.4. The molecule has 3 rings (SSSR count). The van der Waals surface area contributed by atoms with Crippen LogP contribution in [0.3, 0.4) is 0 Å². The highest BCUT2D eigenvalue weighted by Crippen LogP contribution is 2.36. The van der Waals surface area contributed by atoms with Gasteiger partial charge in [-0.1, -0.05) is 11.3 Å². The minimum atomic E-state index is -1.22. The second-order valence-electron chi connectivity index (χ2n) is 7.97. The summed E-state index contributed by atoms with van der Waals surface area (Å²) in [6, 6.07) is 10.7. The molecule has 2 aromatic carbocycles. The first-order chi connectivity index (χ1) is 15.9. The molecule has 9 nitrogen and oxygen atoms in total. The molecular weight excluding hydrogens is 461 g/mol. The number of halogens is 1. The van der Waals surface area contributed by atoms with E-state index in [-0.39, 0.29) is 15.8 Å². The number of thiazole rings is 1. The SMILES string of the molecule is CC(C(N)=O)N(c1ccc(F)cc1)c1nc(N)c(C(=O)c2ccc(OC(C)(C)C(N)=O)cc2)s1. The zero-order chi connectivity index (χ0) is 25.2. The van der Waals surface area contributed by atoms with Gasteiger partial charge < -0.3 is 26.8 Å². The number of carbonyl (C=O) groups is 3. The number of anilines is 3. The van der Waals surface area contributed by atoms with Crippen molar-refractivity contribution in [1.82, 2.24) is 4.98 Å². The largest absolute Gasteiger partial charge is 0.478 e. The summed E-state index contributed by atoms with van der Waals surface area (Å²) in [6.07, 6.45) is 0. The second kappa shape index (κ2) is 9.48. The van der Waals surface area contributed by atoms with Crippen LogP contribution in [0.1, 0.15) is 36.0 Å². The lowest BCUT2D eigenvalue weighted by Gasteiger charge is -2.26. The first-order valence-corrected chi connectivity index (χ1v) is 11.0. The number of nitrogens with zero attached hydrogens (tertiary/aromatic N) is 2. The van der Waals surface area contributed by atoms with E-state index in [9.17, 15) is 18.8 Å². The van der Waals surface area contributed by atoms with Crippen molar-refractivity contribution in [3.05, 3.63) is 64.8 Å². The van der Waals surface area contributed by atoms with Crippen LogP contribution < -0.4 is 26.8 Å². The van der Waals surface area contributed by atoms with E-state index in [1.54, 1.807) is 6.92 Å². The monoisotopic (exact) mass is 485 g/mol. The number of benzene rings is 2. The number of ether oxygens (including phenoxy) is 1. The highest BCUT2D eigenvalue weighted by molar-refractivity contribution is 7.18. The second-order valence-corrected chi connectivity index (χ2v) is 8.94. The van der Waals surface area contributed by atoms with E-state index in [0.29, 0.717) is 17.0 Å². The van der Waals surface area contributed by atoms with E-state index in [0.717, 1.165) is 11.3 Å². The fourth-order valence-corrected chi connectivity index (χ4v) is 4.01. The van der Waals surface area contributed by atoms with E-state index in [4.69, 9.17) is 21.9 Å². The molecule has 0 spiro atoms. The lowest BCUT2D eigenvalue weighted by Crippen LogP contribution is -2.43. The lowest BCUT2D eigenvalue weighted by atomic mass is 10.1. The molecule has 1 atom stereocenters. The van der Waals surface area contributed by atoms with Crippen LogP contribution in [0, 0.1) is 5.82 Å². The Labute approximate surface area is 199 Å². The molecule has 0 bridgehead atoms. The zero-order valence-electron chi connectivity index (χ0n) is 18.7. The fraction of sp³-hybridized carbons (Fsp3) is 0.217. The quantitative estimate of drug-likeness (QED) is 0.394. The van der Waals surface area contributed by atoms with Gasteiger partial charge >= 0.3 is 0 Å². The van der Waals surface area contributed by atoms with Gasteiger partial charge in [-0.2, -0.15) is 0 Å². The van der Waals surface area contributed by atoms with E-state index in [2.05, 4.69) is 4.98 Å². The van der Waals surface area contributed by atoms with Crippen LogP contribution in [0.2, 0.25) is 0 Å². The van der Waals surface area contributed by atoms with E-state index >= 15 is 0 Å². The molecule has 1 unspecified atom stereocenters. The number of nitrogens with two attached hydrogens (primary N) is 3. The summed E-state index contributed by atoms with van der Waals surface area (Å²) in [5, 5.41) is 0.252. The summed E-state index contributed by atoms with van der Waals surface area (Å²) >= 11 is 0.980. The number of hydrogen-bond donors (Lipinski definition) is 3. The predicted molar refractivity (Wildman–Crippen MR) is 127 cm³/mol. The topological polar surface area (TPSA) is 155 Å². The smallest absolute Gasteiger partial charge is 0.261 e. The number of rotatable bonds is 9. The van der Waals surface area contributed by atoms with Gasteiger partial charge in [0.25, 0.3) is 5.91 Å². The van der Waals surface area contributed by atoms with Crippen molar-refractivity contribution in [3.63, 3.8) is 0 Å². The van der Waals surface area contributed by atoms with Gasteiger partial charge in [-0.25, -0.2) is 9.37 Å². The number of ketones is 1. The van der Waals surface area contributed by atoms with Crippen LogP contribution in [0.25, 0.3) is 0 Å². The molecule has 178 valence electrons. The normalized spacial score (nSPS) is 12.1. The van der Waals surface area contributed by atoms with Crippen molar-refractivity contribution in [2.24, 2.45) is 11.5 Å². The van der Waals surface area contributed by atoms with Crippen LogP contribution in [0.4, 0.5) is 21.0 Å². The van der Waals surface area contributed by atoms with E-state index in [1.165, 1.54) is 67.3 Å². The van der Waals surface area contributed by atoms with Crippen molar-refractivity contribution in [3.8, 4) is 5.75 Å². The summed E-state index contributed by atoms with van der Waals surface area (Å²) in [4.78, 5) is 42.4. The molecule has 1 aromatic heterocycles. The molecule has 0 fully saturated rings. The third-order valence-corrected chi connectivity index (χ3v) is 6.11. The van der Waals surface area contributed by atoms with Gasteiger partial charge in [0.2, 0.25) is 11.7 Å². The zero-order valence-corrected chi connectivity index (χ0v) is 19.6. The Hall–Kier alpha value is -3.99. The Balaban J connectivity index is 1.92. The third kappa shape index (κ3) is 5.15. The van der Waals surface area contributed by atoms with Crippen LogP contribution in [0.15, 0.2) is 48.5 Å². The average Bonchev–Trinajstić information content (AvgIpc) is 3.15. The molecule has 0 saturated heterocycles. The molecule has 11 heteroatoms. The van der Waals surface area contributed by atoms with Crippen LogP contribution in [-0.2, 0) is 9.59 Å². The van der Waals surface area contributed by atoms with Crippen LogP contribution >= 0.6 is 11.3 Å². The van der Waals surface area contributed by atoms with E-state index in [1.807, 2.05) is 0 Å². The van der Waals surface area contributed by atoms with Crippen molar-refractivity contribution >= 4 is 45.6 Å². The Kier molecular flexibility index (Phi) is 6.87. The van der Waals surface area contributed by atoms with Crippen LogP contribution in [-0.4, -0.2) is 34.2 Å². The third-order valence-electron chi connectivity index (χ3n) is 5.04. The molecule has 0 aliphatic rings. The van der Waals surface area contributed by atoms with E-state index < -0.39 is 35.1 Å². The van der Waals surface area contributed by atoms with Crippen molar-refractivity contribution in [2.45, 2.75) is 32.4 Å². The highest BCUT2D eigenvalue weighted by atomic mass is 32.1. The van der Waals surface area contributed by atoms with Gasteiger partial charge in [0.05, 0.1) is 0 Å². The Morgan fingerprint density at radius 3 is 2.18 bits per heavy atom. The highest BCUT2D eigenvalue weighted by Gasteiger charge is 2.29. The summed E-state index contributed by atoms with van der Waals surface area (Å²) in [6.45, 7) is 4.64. The number of primary amides is 2. The first-order valence-electron chi connectivity index (χ1n) is 10.1. The van der Waals surface area contributed by atoms with Crippen molar-refractivity contribution < 1.29 is 23.5 Å². The number of amides is 2. The molecular formula is C23H24FN5O4S. The molecule has 0 radical (unpaired) electrons. The average molecular weight is 486 g/mol. The molecule has 3 aromatic rings. The van der Waals surface area contributed by atoms with Gasteiger partial charge in [-0.15, -0.1) is 0 Å². The molecule has 0 saturated carbocycles. The molecule has 0 aliphatic heterocycles. The first kappa shape index (κ1) is 24.6. The molecule has 2 amide bonds. The number of carbonyl (C=O) groups excluding carboxylic acids is 3. The summed E-state index contributed by atoms with van der Waals surface area (Å²) < 4.78 is 19.0. The molecule has 1 heterocycles. The number of nitrogen functional groups attached to an aromatic ring is 1. The Morgan fingerprint density at radius 2 is 1.65 bits per heavy atom. The van der Waals surface area contributed by atoms with Crippen molar-refractivity contribution in [2.75, 3.05) is 10.6 Å². The Morgan fingerprint density at radius 1 is 1.06 bits per heavy atom. The standard InChI is InChI=1S/C23H24FN5O4S/c1-12(20(26)31)29(15-8-6-14(24)7-9-15)22-28-19(25)18(34-22)17(30)13-4-10-16(11-5-13)33-23(2,3)21(27)32/h4-12H,25H2,1-3H3,(H2,26,31)(H2,27,32). The lowest BCUT2D eigenvalue weighted by molar-refractivity contribution is -0.130. The number of hydrogen-bond acceptors (Lipinski definition) is 8. The number of aromatic nitrogens is 1. The minimum Gasteiger partial charge on any atom is -0.478 e. The summed E-state index contributed by atoms with van der Waals surface area (Å²) in [7, 11) is 0. The maximum Gasteiger partial charge on any atom is 0.261 e. The fourth-order valence-electron chi connectivity index (χ4n) is 2.96. The molecule has 34 heavy (non-hydrogen) atoms. The van der Waals surface area contributed by atoms with Gasteiger partial charge in [0, 0.05) is 11.3 Å². The maximum atomic E-state index is 13.4. The summed E-state index contributed by atoms with van der Waals surface area (Å²) in [5.41, 5.74) is 16.4. The minimum absolute atomic E-state index is 0.0241. The van der Waals surface area contributed by atoms with Gasteiger partial charge in [-0.3, -0.25) is 14.4 Å². The predicted octanol–water partition coefficient (Wildman–Crippen LogP) is 2.75. The van der Waals surface area contributed by atoms with Crippen LogP contribution in [0.5, 0.6) is 5.75 Å². The van der Waals surface area contributed by atoms with Gasteiger partial charge in [-0.05, 0) is 69.3 Å². The summed E-state index contributed by atoms with van der Waals surface area (Å²) in [5.74, 6) is -1.78. The Bertz CT molecular complexity index is 1230. The molecule has 6 N–H and O–H groups in total. The molecule has 0 aliphatic carbocycles.